The molecule has 0 spiro atoms. The van der Waals surface area contributed by atoms with Crippen molar-refractivity contribution in [3.05, 3.63) is 42.1 Å². The Hall–Kier alpha value is -1.11. The van der Waals surface area contributed by atoms with E-state index in [1.54, 1.807) is 12.1 Å². The number of phenolic OH excluding ortho intramolecular Hbond substituents is 1. The standard InChI is InChI=1S/C16H18N4O.3ClH/c21-12-3-1-2-10(6-12)13-4-5-14(20-19-13)15-7-11-8-17-9-16(11)18-15;;;/h1-6,11,15-18,21H,7-9H2;3*1H. The van der Waals surface area contributed by atoms with Gasteiger partial charge in [-0.2, -0.15) is 10.2 Å². The molecule has 3 unspecified atom stereocenters. The average molecular weight is 392 g/mol. The summed E-state index contributed by atoms with van der Waals surface area (Å²) < 4.78 is 0. The molecule has 132 valence electrons. The van der Waals surface area contributed by atoms with Gasteiger partial charge in [0.15, 0.2) is 0 Å². The minimum Gasteiger partial charge on any atom is -0.508 e. The van der Waals surface area contributed by atoms with Crippen LogP contribution in [0.3, 0.4) is 0 Å². The Balaban J connectivity index is 0.000000960. The molecule has 0 saturated carbocycles. The SMILES string of the molecule is Cl.Cl.Cl.Oc1cccc(-c2ccc(C3CC4CNCC4N3)nn2)c1. The molecule has 1 aromatic heterocycles. The molecule has 2 aromatic rings. The number of rotatable bonds is 2. The third-order valence-corrected chi connectivity index (χ3v) is 4.48. The molecule has 0 radical (unpaired) electrons. The normalized spacial score (nSPS) is 24.2. The van der Waals surface area contributed by atoms with Gasteiger partial charge in [-0.15, -0.1) is 37.2 Å². The lowest BCUT2D eigenvalue weighted by atomic mass is 10.0. The molecule has 1 aromatic carbocycles. The maximum atomic E-state index is 9.53. The molecule has 0 aliphatic carbocycles. The maximum Gasteiger partial charge on any atom is 0.116 e. The van der Waals surface area contributed by atoms with Gasteiger partial charge in [0.05, 0.1) is 17.4 Å². The maximum absolute atomic E-state index is 9.53. The average Bonchev–Trinajstić information content (AvgIpc) is 3.09. The number of benzene rings is 1. The fourth-order valence-corrected chi connectivity index (χ4v) is 3.36. The van der Waals surface area contributed by atoms with Gasteiger partial charge >= 0.3 is 0 Å². The molecule has 0 bridgehead atoms. The van der Waals surface area contributed by atoms with Gasteiger partial charge in [0.1, 0.15) is 5.75 Å². The van der Waals surface area contributed by atoms with Crippen molar-refractivity contribution in [1.29, 1.82) is 0 Å². The number of nitrogens with one attached hydrogen (secondary N) is 2. The number of hydrogen-bond acceptors (Lipinski definition) is 5. The van der Waals surface area contributed by atoms with E-state index in [2.05, 4.69) is 20.8 Å². The highest BCUT2D eigenvalue weighted by atomic mass is 35.5. The lowest BCUT2D eigenvalue weighted by molar-refractivity contribution is 0.475. The zero-order chi connectivity index (χ0) is 14.2. The topological polar surface area (TPSA) is 70.1 Å². The van der Waals surface area contributed by atoms with Crippen LogP contribution in [0.2, 0.25) is 0 Å². The van der Waals surface area contributed by atoms with Crippen molar-refractivity contribution in [2.45, 2.75) is 18.5 Å². The lowest BCUT2D eigenvalue weighted by Crippen LogP contribution is -2.30. The minimum atomic E-state index is 0. The van der Waals surface area contributed by atoms with Crippen molar-refractivity contribution < 1.29 is 5.11 Å². The Morgan fingerprint density at radius 1 is 1.00 bits per heavy atom. The molecule has 4 rings (SSSR count). The Bertz CT molecular complexity index is 644. The molecule has 0 amide bonds. The van der Waals surface area contributed by atoms with Crippen LogP contribution in [0.25, 0.3) is 11.3 Å². The van der Waals surface area contributed by atoms with Crippen LogP contribution in [0.5, 0.6) is 5.75 Å². The predicted molar refractivity (Wildman–Crippen MR) is 102 cm³/mol. The first-order chi connectivity index (χ1) is 10.3. The molecule has 2 aliphatic rings. The summed E-state index contributed by atoms with van der Waals surface area (Å²) in [6.07, 6.45) is 1.12. The Morgan fingerprint density at radius 2 is 1.83 bits per heavy atom. The quantitative estimate of drug-likeness (QED) is 0.734. The van der Waals surface area contributed by atoms with Crippen molar-refractivity contribution in [3.8, 4) is 17.0 Å². The summed E-state index contributed by atoms with van der Waals surface area (Å²) in [4.78, 5) is 0. The van der Waals surface area contributed by atoms with Crippen LogP contribution in [0.15, 0.2) is 36.4 Å². The highest BCUT2D eigenvalue weighted by Gasteiger charge is 2.37. The van der Waals surface area contributed by atoms with Gasteiger partial charge in [0.25, 0.3) is 0 Å². The number of nitrogens with zero attached hydrogens (tertiary/aromatic N) is 2. The van der Waals surface area contributed by atoms with Crippen molar-refractivity contribution in [1.82, 2.24) is 20.8 Å². The molecule has 2 aliphatic heterocycles. The van der Waals surface area contributed by atoms with E-state index < -0.39 is 0 Å². The van der Waals surface area contributed by atoms with E-state index >= 15 is 0 Å². The Morgan fingerprint density at radius 3 is 2.50 bits per heavy atom. The van der Waals surface area contributed by atoms with Gasteiger partial charge in [-0.3, -0.25) is 0 Å². The summed E-state index contributed by atoms with van der Waals surface area (Å²) in [5.41, 5.74) is 2.68. The van der Waals surface area contributed by atoms with E-state index in [9.17, 15) is 5.11 Å². The molecule has 3 heterocycles. The summed E-state index contributed by atoms with van der Waals surface area (Å²) in [5.74, 6) is 0.957. The third-order valence-electron chi connectivity index (χ3n) is 4.48. The number of aromatic hydroxyl groups is 1. The van der Waals surface area contributed by atoms with E-state index in [0.29, 0.717) is 18.0 Å². The van der Waals surface area contributed by atoms with Crippen LogP contribution in [-0.2, 0) is 0 Å². The number of fused-ring (bicyclic) bond motifs is 1. The van der Waals surface area contributed by atoms with E-state index in [-0.39, 0.29) is 43.0 Å². The first kappa shape index (κ1) is 20.9. The van der Waals surface area contributed by atoms with E-state index in [0.717, 1.165) is 36.5 Å². The summed E-state index contributed by atoms with van der Waals surface area (Å²) >= 11 is 0. The zero-order valence-electron chi connectivity index (χ0n) is 12.9. The van der Waals surface area contributed by atoms with Crippen LogP contribution in [-0.4, -0.2) is 34.4 Å². The van der Waals surface area contributed by atoms with Gasteiger partial charge in [-0.25, -0.2) is 0 Å². The Labute approximate surface area is 159 Å². The number of halogens is 3. The minimum absolute atomic E-state index is 0. The monoisotopic (exact) mass is 390 g/mol. The van der Waals surface area contributed by atoms with Crippen LogP contribution >= 0.6 is 37.2 Å². The van der Waals surface area contributed by atoms with Gasteiger partial charge in [-0.05, 0) is 43.1 Å². The van der Waals surface area contributed by atoms with E-state index in [4.69, 9.17) is 0 Å². The molecular formula is C16H21Cl3N4O. The van der Waals surface area contributed by atoms with E-state index in [1.165, 1.54) is 0 Å². The smallest absolute Gasteiger partial charge is 0.116 e. The van der Waals surface area contributed by atoms with Crippen LogP contribution in [0, 0.1) is 5.92 Å². The number of hydrogen-bond donors (Lipinski definition) is 3. The fourth-order valence-electron chi connectivity index (χ4n) is 3.36. The first-order valence-electron chi connectivity index (χ1n) is 7.39. The molecule has 3 N–H and O–H groups in total. The van der Waals surface area contributed by atoms with Crippen molar-refractivity contribution in [2.24, 2.45) is 5.92 Å². The molecule has 24 heavy (non-hydrogen) atoms. The second-order valence-corrected chi connectivity index (χ2v) is 5.87. The molecule has 8 heteroatoms. The predicted octanol–water partition coefficient (Wildman–Crippen LogP) is 2.74. The fraction of sp³-hybridized carbons (Fsp3) is 0.375. The van der Waals surface area contributed by atoms with Crippen molar-refractivity contribution in [3.63, 3.8) is 0 Å². The van der Waals surface area contributed by atoms with Crippen LogP contribution < -0.4 is 10.6 Å². The van der Waals surface area contributed by atoms with Gasteiger partial charge < -0.3 is 15.7 Å². The number of phenols is 1. The second-order valence-electron chi connectivity index (χ2n) is 5.87. The van der Waals surface area contributed by atoms with Crippen LogP contribution in [0.1, 0.15) is 18.2 Å². The summed E-state index contributed by atoms with van der Waals surface area (Å²) in [6.45, 7) is 2.15. The summed E-state index contributed by atoms with van der Waals surface area (Å²) in [7, 11) is 0. The second kappa shape index (κ2) is 8.83. The summed E-state index contributed by atoms with van der Waals surface area (Å²) in [6, 6.07) is 12.0. The van der Waals surface area contributed by atoms with Crippen molar-refractivity contribution >= 4 is 37.2 Å². The van der Waals surface area contributed by atoms with Crippen molar-refractivity contribution in [2.75, 3.05) is 13.1 Å². The van der Waals surface area contributed by atoms with E-state index in [1.807, 2.05) is 24.3 Å². The molecular weight excluding hydrogens is 371 g/mol. The highest BCUT2D eigenvalue weighted by Crippen LogP contribution is 2.32. The molecule has 5 nitrogen and oxygen atoms in total. The van der Waals surface area contributed by atoms with Gasteiger partial charge in [0.2, 0.25) is 0 Å². The highest BCUT2D eigenvalue weighted by molar-refractivity contribution is 5.86. The molecule has 2 fully saturated rings. The Kier molecular flexibility index (Phi) is 7.70. The van der Waals surface area contributed by atoms with Gasteiger partial charge in [0, 0.05) is 18.2 Å². The summed E-state index contributed by atoms with van der Waals surface area (Å²) in [5, 5.41) is 25.3. The largest absolute Gasteiger partial charge is 0.508 e. The van der Waals surface area contributed by atoms with Crippen LogP contribution in [0.4, 0.5) is 0 Å². The third kappa shape index (κ3) is 4.10. The lowest BCUT2D eigenvalue weighted by Gasteiger charge is -2.12. The van der Waals surface area contributed by atoms with Gasteiger partial charge in [-0.1, -0.05) is 12.1 Å². The first-order valence-corrected chi connectivity index (χ1v) is 7.39. The zero-order valence-corrected chi connectivity index (χ0v) is 15.3. The number of aromatic nitrogens is 2. The molecule has 2 saturated heterocycles. The molecule has 3 atom stereocenters.